The van der Waals surface area contributed by atoms with Gasteiger partial charge in [0, 0.05) is 30.7 Å². The molecule has 110 valence electrons. The molecule has 6 nitrogen and oxygen atoms in total. The predicted octanol–water partition coefficient (Wildman–Crippen LogP) is 2.07. The fourth-order valence-corrected chi connectivity index (χ4v) is 2.33. The predicted molar refractivity (Wildman–Crippen MR) is 82.9 cm³/mol. The summed E-state index contributed by atoms with van der Waals surface area (Å²) in [7, 11) is 1.79. The molecule has 0 aliphatic carbocycles. The first-order chi connectivity index (χ1) is 10.3. The first-order valence-corrected chi connectivity index (χ1v) is 7.16. The minimum absolute atomic E-state index is 0.543. The standard InChI is InChI=1S/C14H16ClN5O/c1-16-13-17-12(10-3-2-4-11(15)9-10)18-14(19-13)20-5-7-21-8-6-20/h2-4,9H,5-8H2,1H3,(H,16,17,18,19). The van der Waals surface area contributed by atoms with Gasteiger partial charge < -0.3 is 15.0 Å². The van der Waals surface area contributed by atoms with Crippen molar-refractivity contribution in [1.29, 1.82) is 0 Å². The molecule has 0 amide bonds. The van der Waals surface area contributed by atoms with E-state index >= 15 is 0 Å². The van der Waals surface area contributed by atoms with Crippen LogP contribution in [0.1, 0.15) is 0 Å². The lowest BCUT2D eigenvalue weighted by Crippen LogP contribution is -2.37. The Morgan fingerprint density at radius 2 is 2.00 bits per heavy atom. The normalized spacial score (nSPS) is 15.0. The molecule has 7 heteroatoms. The number of halogens is 1. The molecule has 1 aromatic carbocycles. The summed E-state index contributed by atoms with van der Waals surface area (Å²) in [6.07, 6.45) is 0. The molecule has 2 heterocycles. The summed E-state index contributed by atoms with van der Waals surface area (Å²) < 4.78 is 5.36. The summed E-state index contributed by atoms with van der Waals surface area (Å²) in [5, 5.41) is 3.64. The highest BCUT2D eigenvalue weighted by molar-refractivity contribution is 6.30. The molecule has 0 bridgehead atoms. The molecule has 0 spiro atoms. The van der Waals surface area contributed by atoms with Crippen molar-refractivity contribution in [2.24, 2.45) is 0 Å². The number of anilines is 2. The van der Waals surface area contributed by atoms with E-state index in [9.17, 15) is 0 Å². The van der Waals surface area contributed by atoms with E-state index in [2.05, 4.69) is 25.2 Å². The highest BCUT2D eigenvalue weighted by atomic mass is 35.5. The van der Waals surface area contributed by atoms with Crippen LogP contribution in [0.3, 0.4) is 0 Å². The fraction of sp³-hybridized carbons (Fsp3) is 0.357. The van der Waals surface area contributed by atoms with Gasteiger partial charge in [-0.15, -0.1) is 0 Å². The number of hydrogen-bond acceptors (Lipinski definition) is 6. The zero-order valence-electron chi connectivity index (χ0n) is 11.7. The first-order valence-electron chi connectivity index (χ1n) is 6.79. The molecular weight excluding hydrogens is 290 g/mol. The van der Waals surface area contributed by atoms with Crippen LogP contribution >= 0.6 is 11.6 Å². The maximum Gasteiger partial charge on any atom is 0.230 e. The number of ether oxygens (including phenoxy) is 1. The summed E-state index contributed by atoms with van der Waals surface area (Å²) in [5.41, 5.74) is 0.871. The number of nitrogens with zero attached hydrogens (tertiary/aromatic N) is 4. The van der Waals surface area contributed by atoms with Crippen molar-refractivity contribution in [1.82, 2.24) is 15.0 Å². The third kappa shape index (κ3) is 3.22. The van der Waals surface area contributed by atoms with Crippen LogP contribution in [-0.2, 0) is 4.74 Å². The van der Waals surface area contributed by atoms with Gasteiger partial charge in [0.25, 0.3) is 0 Å². The second kappa shape index (κ2) is 6.24. The Labute approximate surface area is 128 Å². The second-order valence-corrected chi connectivity index (χ2v) is 5.08. The molecule has 0 unspecified atom stereocenters. The van der Waals surface area contributed by atoms with Crippen LogP contribution in [0.15, 0.2) is 24.3 Å². The van der Waals surface area contributed by atoms with E-state index < -0.39 is 0 Å². The van der Waals surface area contributed by atoms with Crippen molar-refractivity contribution in [2.75, 3.05) is 43.6 Å². The Kier molecular flexibility index (Phi) is 4.17. The summed E-state index contributed by atoms with van der Waals surface area (Å²) in [4.78, 5) is 15.5. The summed E-state index contributed by atoms with van der Waals surface area (Å²) >= 11 is 6.04. The highest BCUT2D eigenvalue weighted by Crippen LogP contribution is 2.22. The van der Waals surface area contributed by atoms with Gasteiger partial charge in [0.2, 0.25) is 11.9 Å². The van der Waals surface area contributed by atoms with Gasteiger partial charge in [0.15, 0.2) is 5.82 Å². The van der Waals surface area contributed by atoms with Crippen molar-refractivity contribution in [3.8, 4) is 11.4 Å². The molecule has 1 N–H and O–H groups in total. The minimum Gasteiger partial charge on any atom is -0.378 e. The Balaban J connectivity index is 2.00. The lowest BCUT2D eigenvalue weighted by molar-refractivity contribution is 0.122. The SMILES string of the molecule is CNc1nc(-c2cccc(Cl)c2)nc(N2CCOCC2)n1. The van der Waals surface area contributed by atoms with Gasteiger partial charge in [-0.2, -0.15) is 15.0 Å². The van der Waals surface area contributed by atoms with E-state index in [-0.39, 0.29) is 0 Å². The van der Waals surface area contributed by atoms with E-state index in [4.69, 9.17) is 16.3 Å². The molecule has 0 radical (unpaired) electrons. The highest BCUT2D eigenvalue weighted by Gasteiger charge is 2.16. The maximum atomic E-state index is 6.04. The van der Waals surface area contributed by atoms with Gasteiger partial charge in [0.1, 0.15) is 0 Å². The van der Waals surface area contributed by atoms with Gasteiger partial charge in [0.05, 0.1) is 13.2 Å². The minimum atomic E-state index is 0.543. The van der Waals surface area contributed by atoms with E-state index in [0.29, 0.717) is 36.0 Å². The summed E-state index contributed by atoms with van der Waals surface area (Å²) in [6, 6.07) is 7.49. The number of morpholine rings is 1. The zero-order chi connectivity index (χ0) is 14.7. The van der Waals surface area contributed by atoms with Crippen LogP contribution in [0.4, 0.5) is 11.9 Å². The van der Waals surface area contributed by atoms with E-state index in [0.717, 1.165) is 18.7 Å². The van der Waals surface area contributed by atoms with Gasteiger partial charge in [-0.25, -0.2) is 0 Å². The average Bonchev–Trinajstić information content (AvgIpc) is 2.55. The zero-order valence-corrected chi connectivity index (χ0v) is 12.5. The number of nitrogens with one attached hydrogen (secondary N) is 1. The Morgan fingerprint density at radius 3 is 2.71 bits per heavy atom. The quantitative estimate of drug-likeness (QED) is 0.936. The topological polar surface area (TPSA) is 63.2 Å². The molecular formula is C14H16ClN5O. The van der Waals surface area contributed by atoms with Crippen LogP contribution < -0.4 is 10.2 Å². The lowest BCUT2D eigenvalue weighted by Gasteiger charge is -2.27. The van der Waals surface area contributed by atoms with Crippen molar-refractivity contribution >= 4 is 23.5 Å². The van der Waals surface area contributed by atoms with Gasteiger partial charge in [-0.05, 0) is 12.1 Å². The molecule has 21 heavy (non-hydrogen) atoms. The number of hydrogen-bond donors (Lipinski definition) is 1. The summed E-state index contributed by atoms with van der Waals surface area (Å²) in [6.45, 7) is 2.93. The molecule has 0 saturated carbocycles. The molecule has 1 fully saturated rings. The maximum absolute atomic E-state index is 6.04. The van der Waals surface area contributed by atoms with Crippen LogP contribution in [0.2, 0.25) is 5.02 Å². The van der Waals surface area contributed by atoms with Crippen molar-refractivity contribution in [3.63, 3.8) is 0 Å². The van der Waals surface area contributed by atoms with Gasteiger partial charge in [-0.1, -0.05) is 23.7 Å². The largest absolute Gasteiger partial charge is 0.378 e. The molecule has 0 atom stereocenters. The van der Waals surface area contributed by atoms with Gasteiger partial charge in [-0.3, -0.25) is 0 Å². The molecule has 3 rings (SSSR count). The third-order valence-electron chi connectivity index (χ3n) is 3.22. The molecule has 1 aliphatic heterocycles. The Morgan fingerprint density at radius 1 is 1.19 bits per heavy atom. The van der Waals surface area contributed by atoms with Crippen LogP contribution in [0.25, 0.3) is 11.4 Å². The van der Waals surface area contributed by atoms with Crippen molar-refractivity contribution < 1.29 is 4.74 Å². The van der Waals surface area contributed by atoms with E-state index in [1.807, 2.05) is 24.3 Å². The Bertz CT molecular complexity index is 631. The molecule has 1 aliphatic rings. The second-order valence-electron chi connectivity index (χ2n) is 4.64. The van der Waals surface area contributed by atoms with Crippen LogP contribution in [-0.4, -0.2) is 48.3 Å². The van der Waals surface area contributed by atoms with Crippen LogP contribution in [0, 0.1) is 0 Å². The lowest BCUT2D eigenvalue weighted by atomic mass is 10.2. The Hall–Kier alpha value is -1.92. The van der Waals surface area contributed by atoms with E-state index in [1.54, 1.807) is 7.05 Å². The number of rotatable bonds is 3. The van der Waals surface area contributed by atoms with Crippen molar-refractivity contribution in [2.45, 2.75) is 0 Å². The van der Waals surface area contributed by atoms with Crippen molar-refractivity contribution in [3.05, 3.63) is 29.3 Å². The monoisotopic (exact) mass is 305 g/mol. The number of benzene rings is 1. The number of aromatic nitrogens is 3. The molecule has 1 saturated heterocycles. The average molecular weight is 306 g/mol. The molecule has 1 aromatic heterocycles. The fourth-order valence-electron chi connectivity index (χ4n) is 2.14. The smallest absolute Gasteiger partial charge is 0.230 e. The van der Waals surface area contributed by atoms with E-state index in [1.165, 1.54) is 0 Å². The first kappa shape index (κ1) is 14.0. The van der Waals surface area contributed by atoms with Crippen LogP contribution in [0.5, 0.6) is 0 Å². The van der Waals surface area contributed by atoms with Gasteiger partial charge >= 0.3 is 0 Å². The third-order valence-corrected chi connectivity index (χ3v) is 3.46. The summed E-state index contributed by atoms with van der Waals surface area (Å²) in [5.74, 6) is 1.81. The molecule has 2 aromatic rings.